The van der Waals surface area contributed by atoms with E-state index < -0.39 is 0 Å². The van der Waals surface area contributed by atoms with Crippen molar-refractivity contribution in [2.75, 3.05) is 13.2 Å². The molecule has 1 fully saturated rings. The van der Waals surface area contributed by atoms with Gasteiger partial charge < -0.3 is 10.1 Å². The smallest absolute Gasteiger partial charge is 0.341 e. The Bertz CT molecular complexity index is 462. The second-order valence-electron chi connectivity index (χ2n) is 5.01. The predicted octanol–water partition coefficient (Wildman–Crippen LogP) is 1.82. The summed E-state index contributed by atoms with van der Waals surface area (Å²) in [6, 6.07) is 0.448. The molecule has 1 aromatic rings. The van der Waals surface area contributed by atoms with Crippen molar-refractivity contribution < 1.29 is 9.53 Å². The van der Waals surface area contributed by atoms with E-state index in [4.69, 9.17) is 4.74 Å². The Labute approximate surface area is 113 Å². The minimum absolute atomic E-state index is 0.303. The summed E-state index contributed by atoms with van der Waals surface area (Å²) in [7, 11) is 0. The summed E-state index contributed by atoms with van der Waals surface area (Å²) >= 11 is 0. The SMILES string of the molecule is CCOC(=O)c1cnc(C)nc1C1CCNC(C)C1. The maximum atomic E-state index is 12.0. The van der Waals surface area contributed by atoms with Crippen molar-refractivity contribution >= 4 is 5.97 Å². The lowest BCUT2D eigenvalue weighted by atomic mass is 9.88. The van der Waals surface area contributed by atoms with Gasteiger partial charge in [0, 0.05) is 18.2 Å². The Kier molecular flexibility index (Phi) is 4.47. The van der Waals surface area contributed by atoms with E-state index in [0.717, 1.165) is 25.1 Å². The van der Waals surface area contributed by atoms with Crippen LogP contribution in [0.2, 0.25) is 0 Å². The Hall–Kier alpha value is -1.49. The number of ether oxygens (including phenoxy) is 1. The second kappa shape index (κ2) is 6.10. The summed E-state index contributed by atoms with van der Waals surface area (Å²) in [5.41, 5.74) is 1.37. The minimum atomic E-state index is -0.316. The van der Waals surface area contributed by atoms with Gasteiger partial charge in [-0.05, 0) is 40.2 Å². The van der Waals surface area contributed by atoms with Crippen LogP contribution >= 0.6 is 0 Å². The van der Waals surface area contributed by atoms with Gasteiger partial charge in [0.05, 0.1) is 17.9 Å². The molecule has 0 radical (unpaired) electrons. The van der Waals surface area contributed by atoms with Crippen LogP contribution in [0.1, 0.15) is 54.5 Å². The van der Waals surface area contributed by atoms with Gasteiger partial charge in [-0.1, -0.05) is 0 Å². The zero-order chi connectivity index (χ0) is 13.8. The fourth-order valence-electron chi connectivity index (χ4n) is 2.55. The molecule has 1 aromatic heterocycles. The van der Waals surface area contributed by atoms with E-state index in [-0.39, 0.29) is 5.97 Å². The molecule has 0 saturated carbocycles. The maximum Gasteiger partial charge on any atom is 0.341 e. The summed E-state index contributed by atoms with van der Waals surface area (Å²) in [6.07, 6.45) is 3.58. The van der Waals surface area contributed by atoms with Crippen molar-refractivity contribution in [1.29, 1.82) is 0 Å². The monoisotopic (exact) mass is 263 g/mol. The molecule has 2 heterocycles. The van der Waals surface area contributed by atoms with Crippen LogP contribution in [0.25, 0.3) is 0 Å². The maximum absolute atomic E-state index is 12.0. The number of aryl methyl sites for hydroxylation is 1. The number of hydrogen-bond acceptors (Lipinski definition) is 5. The Morgan fingerprint density at radius 1 is 1.58 bits per heavy atom. The van der Waals surface area contributed by atoms with Gasteiger partial charge >= 0.3 is 5.97 Å². The molecule has 104 valence electrons. The molecule has 5 heteroatoms. The average Bonchev–Trinajstić information content (AvgIpc) is 2.39. The molecule has 2 unspecified atom stereocenters. The van der Waals surface area contributed by atoms with Gasteiger partial charge in [-0.25, -0.2) is 14.8 Å². The molecule has 0 bridgehead atoms. The normalized spacial score (nSPS) is 23.1. The fraction of sp³-hybridized carbons (Fsp3) is 0.643. The van der Waals surface area contributed by atoms with E-state index in [9.17, 15) is 4.79 Å². The van der Waals surface area contributed by atoms with Gasteiger partial charge in [0.25, 0.3) is 0 Å². The van der Waals surface area contributed by atoms with Crippen molar-refractivity contribution in [3.05, 3.63) is 23.3 Å². The number of hydrogen-bond donors (Lipinski definition) is 1. The third-order valence-electron chi connectivity index (χ3n) is 3.44. The second-order valence-corrected chi connectivity index (χ2v) is 5.01. The number of aromatic nitrogens is 2. The van der Waals surface area contributed by atoms with Gasteiger partial charge in [0.2, 0.25) is 0 Å². The number of esters is 1. The molecule has 5 nitrogen and oxygen atoms in total. The first-order valence-electron chi connectivity index (χ1n) is 6.85. The highest BCUT2D eigenvalue weighted by atomic mass is 16.5. The fourth-order valence-corrected chi connectivity index (χ4v) is 2.55. The number of carbonyl (C=O) groups is 1. The van der Waals surface area contributed by atoms with Crippen molar-refractivity contribution in [2.24, 2.45) is 0 Å². The number of nitrogens with zero attached hydrogens (tertiary/aromatic N) is 2. The van der Waals surface area contributed by atoms with Crippen molar-refractivity contribution in [1.82, 2.24) is 15.3 Å². The molecule has 1 saturated heterocycles. The highest BCUT2D eigenvalue weighted by Gasteiger charge is 2.26. The third-order valence-corrected chi connectivity index (χ3v) is 3.44. The van der Waals surface area contributed by atoms with E-state index in [2.05, 4.69) is 22.2 Å². The number of nitrogens with one attached hydrogen (secondary N) is 1. The summed E-state index contributed by atoms with van der Waals surface area (Å²) in [4.78, 5) is 20.6. The molecule has 2 atom stereocenters. The van der Waals surface area contributed by atoms with Crippen LogP contribution in [-0.2, 0) is 4.74 Å². The summed E-state index contributed by atoms with van der Waals surface area (Å²) in [5, 5.41) is 3.41. The number of rotatable bonds is 3. The number of carbonyl (C=O) groups excluding carboxylic acids is 1. The van der Waals surface area contributed by atoms with Crippen LogP contribution in [0.5, 0.6) is 0 Å². The zero-order valence-electron chi connectivity index (χ0n) is 11.8. The highest BCUT2D eigenvalue weighted by Crippen LogP contribution is 2.28. The molecule has 0 aliphatic carbocycles. The summed E-state index contributed by atoms with van der Waals surface area (Å²) in [5.74, 6) is 0.690. The molecular formula is C14H21N3O2. The molecule has 1 N–H and O–H groups in total. The van der Waals surface area contributed by atoms with E-state index >= 15 is 0 Å². The first-order chi connectivity index (χ1) is 9.11. The van der Waals surface area contributed by atoms with Crippen molar-refractivity contribution in [2.45, 2.75) is 45.6 Å². The van der Waals surface area contributed by atoms with Crippen molar-refractivity contribution in [3.63, 3.8) is 0 Å². The van der Waals surface area contributed by atoms with Gasteiger partial charge in [-0.15, -0.1) is 0 Å². The van der Waals surface area contributed by atoms with E-state index in [0.29, 0.717) is 30.0 Å². The van der Waals surface area contributed by atoms with Crippen molar-refractivity contribution in [3.8, 4) is 0 Å². The lowest BCUT2D eigenvalue weighted by Gasteiger charge is -2.28. The Morgan fingerprint density at radius 2 is 2.37 bits per heavy atom. The molecule has 0 spiro atoms. The molecule has 1 aliphatic rings. The Morgan fingerprint density at radius 3 is 3.05 bits per heavy atom. The highest BCUT2D eigenvalue weighted by molar-refractivity contribution is 5.90. The molecule has 0 amide bonds. The van der Waals surface area contributed by atoms with Crippen LogP contribution in [0, 0.1) is 6.92 Å². The standard InChI is InChI=1S/C14H21N3O2/c1-4-19-14(18)12-8-16-10(3)17-13(12)11-5-6-15-9(2)7-11/h8-9,11,15H,4-7H2,1-3H3. The molecule has 1 aliphatic heterocycles. The van der Waals surface area contributed by atoms with Crippen LogP contribution in [0.4, 0.5) is 0 Å². The lowest BCUT2D eigenvalue weighted by molar-refractivity contribution is 0.0522. The molecular weight excluding hydrogens is 242 g/mol. The van der Waals surface area contributed by atoms with Crippen LogP contribution in [-0.4, -0.2) is 35.1 Å². The van der Waals surface area contributed by atoms with Crippen LogP contribution < -0.4 is 5.32 Å². The summed E-state index contributed by atoms with van der Waals surface area (Å²) in [6.45, 7) is 7.14. The van der Waals surface area contributed by atoms with Crippen LogP contribution in [0.3, 0.4) is 0 Å². The first kappa shape index (κ1) is 13.9. The topological polar surface area (TPSA) is 64.1 Å². The average molecular weight is 263 g/mol. The van der Waals surface area contributed by atoms with E-state index in [1.54, 1.807) is 13.1 Å². The third kappa shape index (κ3) is 3.29. The molecule has 0 aromatic carbocycles. The van der Waals surface area contributed by atoms with Gasteiger partial charge in [0.1, 0.15) is 5.82 Å². The number of piperidine rings is 1. The first-order valence-corrected chi connectivity index (χ1v) is 6.85. The quantitative estimate of drug-likeness (QED) is 0.843. The molecule has 2 rings (SSSR count). The van der Waals surface area contributed by atoms with Gasteiger partial charge in [-0.2, -0.15) is 0 Å². The van der Waals surface area contributed by atoms with Gasteiger partial charge in [0.15, 0.2) is 0 Å². The largest absolute Gasteiger partial charge is 0.462 e. The minimum Gasteiger partial charge on any atom is -0.462 e. The lowest BCUT2D eigenvalue weighted by Crippen LogP contribution is -2.35. The Balaban J connectivity index is 2.31. The van der Waals surface area contributed by atoms with Crippen LogP contribution in [0.15, 0.2) is 6.20 Å². The predicted molar refractivity (Wildman–Crippen MR) is 72.2 cm³/mol. The molecule has 19 heavy (non-hydrogen) atoms. The van der Waals surface area contributed by atoms with E-state index in [1.165, 1.54) is 0 Å². The zero-order valence-corrected chi connectivity index (χ0v) is 11.8. The van der Waals surface area contributed by atoms with E-state index in [1.807, 2.05) is 6.92 Å². The summed E-state index contributed by atoms with van der Waals surface area (Å²) < 4.78 is 5.09. The van der Waals surface area contributed by atoms with Gasteiger partial charge in [-0.3, -0.25) is 0 Å².